The highest BCUT2D eigenvalue weighted by Gasteiger charge is 2.13. The standard InChI is InChI=1S/C21H18N2O3/c22-23-20(16-5-2-1-3-6-16)18-7-4-8-19(13-18)26-14-15-9-11-17(12-10-15)21(24)25/h1-13,20,22H,14H2,(H,24,25). The van der Waals surface area contributed by atoms with E-state index in [0.717, 1.165) is 16.7 Å². The second-order valence-corrected chi connectivity index (χ2v) is 5.81. The van der Waals surface area contributed by atoms with Gasteiger partial charge in [-0.05, 0) is 41.0 Å². The predicted molar refractivity (Wildman–Crippen MR) is 97.6 cm³/mol. The molecular weight excluding hydrogens is 328 g/mol. The lowest BCUT2D eigenvalue weighted by Gasteiger charge is -2.13. The molecule has 3 rings (SSSR count). The van der Waals surface area contributed by atoms with Crippen LogP contribution in [0.1, 0.15) is 33.1 Å². The molecule has 0 bridgehead atoms. The van der Waals surface area contributed by atoms with Gasteiger partial charge in [0.1, 0.15) is 18.4 Å². The summed E-state index contributed by atoms with van der Waals surface area (Å²) < 4.78 is 5.81. The van der Waals surface area contributed by atoms with Crippen LogP contribution in [0.4, 0.5) is 0 Å². The lowest BCUT2D eigenvalue weighted by atomic mass is 9.99. The SMILES string of the molecule is N=NC(c1ccccc1)c1cccc(OCc2ccc(C(=O)O)cc2)c1. The van der Waals surface area contributed by atoms with E-state index in [4.69, 9.17) is 15.4 Å². The summed E-state index contributed by atoms with van der Waals surface area (Å²) in [6.07, 6.45) is 0. The number of carbonyl (C=O) groups is 1. The second kappa shape index (κ2) is 8.07. The fraction of sp³-hybridized carbons (Fsp3) is 0.0952. The third-order valence-corrected chi connectivity index (χ3v) is 4.02. The number of hydrogen-bond acceptors (Lipinski definition) is 4. The highest BCUT2D eigenvalue weighted by Crippen LogP contribution is 2.28. The summed E-state index contributed by atoms with van der Waals surface area (Å²) in [6, 6.07) is 23.4. The lowest BCUT2D eigenvalue weighted by Crippen LogP contribution is -2.00. The van der Waals surface area contributed by atoms with Crippen molar-refractivity contribution in [1.82, 2.24) is 0 Å². The molecule has 0 fully saturated rings. The second-order valence-electron chi connectivity index (χ2n) is 5.81. The molecule has 0 radical (unpaired) electrons. The van der Waals surface area contributed by atoms with Crippen molar-refractivity contribution in [1.29, 1.82) is 5.53 Å². The van der Waals surface area contributed by atoms with E-state index in [0.29, 0.717) is 12.4 Å². The third-order valence-electron chi connectivity index (χ3n) is 4.02. The van der Waals surface area contributed by atoms with Gasteiger partial charge in [-0.1, -0.05) is 54.6 Å². The van der Waals surface area contributed by atoms with Crippen molar-refractivity contribution in [3.8, 4) is 5.75 Å². The van der Waals surface area contributed by atoms with E-state index in [1.165, 1.54) is 0 Å². The molecule has 1 atom stereocenters. The average molecular weight is 346 g/mol. The van der Waals surface area contributed by atoms with E-state index in [9.17, 15) is 4.79 Å². The van der Waals surface area contributed by atoms with Crippen LogP contribution >= 0.6 is 0 Å². The van der Waals surface area contributed by atoms with Crippen LogP contribution in [0.3, 0.4) is 0 Å². The van der Waals surface area contributed by atoms with E-state index in [1.54, 1.807) is 24.3 Å². The van der Waals surface area contributed by atoms with E-state index in [1.807, 2.05) is 54.6 Å². The summed E-state index contributed by atoms with van der Waals surface area (Å²) in [5.74, 6) is -0.273. The Morgan fingerprint density at radius 3 is 2.31 bits per heavy atom. The Bertz CT molecular complexity index is 893. The number of carboxylic acid groups (broad SMARTS) is 1. The monoisotopic (exact) mass is 346 g/mol. The molecule has 0 spiro atoms. The molecule has 0 aliphatic rings. The molecule has 3 aromatic carbocycles. The molecule has 3 aromatic rings. The molecule has 26 heavy (non-hydrogen) atoms. The summed E-state index contributed by atoms with van der Waals surface area (Å²) in [6.45, 7) is 0.331. The number of rotatable bonds is 7. The maximum Gasteiger partial charge on any atom is 0.335 e. The minimum Gasteiger partial charge on any atom is -0.489 e. The average Bonchev–Trinajstić information content (AvgIpc) is 2.68. The lowest BCUT2D eigenvalue weighted by molar-refractivity contribution is 0.0697. The number of carboxylic acids is 1. The molecule has 0 saturated heterocycles. The van der Waals surface area contributed by atoms with Gasteiger partial charge >= 0.3 is 5.97 Å². The Labute approximate surface area is 151 Å². The molecule has 0 amide bonds. The molecule has 0 aliphatic heterocycles. The first-order valence-corrected chi connectivity index (χ1v) is 8.14. The van der Waals surface area contributed by atoms with Gasteiger partial charge in [0.25, 0.3) is 0 Å². The van der Waals surface area contributed by atoms with Crippen LogP contribution in [0.15, 0.2) is 84.0 Å². The van der Waals surface area contributed by atoms with Gasteiger partial charge in [0.05, 0.1) is 5.56 Å². The Morgan fingerprint density at radius 2 is 1.65 bits per heavy atom. The highest BCUT2D eigenvalue weighted by molar-refractivity contribution is 5.87. The van der Waals surface area contributed by atoms with Crippen molar-refractivity contribution in [2.24, 2.45) is 5.11 Å². The molecule has 0 heterocycles. The van der Waals surface area contributed by atoms with Gasteiger partial charge in [-0.2, -0.15) is 5.11 Å². The van der Waals surface area contributed by atoms with Crippen molar-refractivity contribution >= 4 is 5.97 Å². The molecule has 2 N–H and O–H groups in total. The predicted octanol–water partition coefficient (Wildman–Crippen LogP) is 5.08. The van der Waals surface area contributed by atoms with Crippen LogP contribution in [0.2, 0.25) is 0 Å². The maximum absolute atomic E-state index is 10.9. The molecule has 130 valence electrons. The van der Waals surface area contributed by atoms with Crippen LogP contribution in [0, 0.1) is 5.53 Å². The molecule has 5 nitrogen and oxygen atoms in total. The molecule has 5 heteroatoms. The Kier molecular flexibility index (Phi) is 5.39. The Hall–Kier alpha value is -3.47. The van der Waals surface area contributed by atoms with E-state index < -0.39 is 5.97 Å². The van der Waals surface area contributed by atoms with E-state index in [2.05, 4.69) is 5.11 Å². The largest absolute Gasteiger partial charge is 0.489 e. The number of ether oxygens (including phenoxy) is 1. The van der Waals surface area contributed by atoms with Crippen LogP contribution in [0.5, 0.6) is 5.75 Å². The zero-order chi connectivity index (χ0) is 18.4. The van der Waals surface area contributed by atoms with Crippen molar-refractivity contribution < 1.29 is 14.6 Å². The van der Waals surface area contributed by atoms with Crippen LogP contribution < -0.4 is 4.74 Å². The van der Waals surface area contributed by atoms with Crippen LogP contribution in [-0.4, -0.2) is 11.1 Å². The topological polar surface area (TPSA) is 82.7 Å². The zero-order valence-electron chi connectivity index (χ0n) is 14.0. The van der Waals surface area contributed by atoms with Crippen LogP contribution in [-0.2, 0) is 6.61 Å². The summed E-state index contributed by atoms with van der Waals surface area (Å²) in [7, 11) is 0. The summed E-state index contributed by atoms with van der Waals surface area (Å²) in [5, 5.41) is 12.7. The minimum atomic E-state index is -0.948. The van der Waals surface area contributed by atoms with Gasteiger partial charge in [-0.25, -0.2) is 10.3 Å². The Morgan fingerprint density at radius 1 is 0.962 bits per heavy atom. The number of nitrogens with one attached hydrogen (secondary N) is 1. The minimum absolute atomic E-state index is 0.249. The quantitative estimate of drug-likeness (QED) is 0.585. The third kappa shape index (κ3) is 4.13. The first kappa shape index (κ1) is 17.4. The fourth-order valence-electron chi connectivity index (χ4n) is 2.66. The van der Waals surface area contributed by atoms with Gasteiger partial charge in [0.2, 0.25) is 0 Å². The fourth-order valence-corrected chi connectivity index (χ4v) is 2.66. The highest BCUT2D eigenvalue weighted by atomic mass is 16.5. The molecule has 0 aliphatic carbocycles. The van der Waals surface area contributed by atoms with E-state index >= 15 is 0 Å². The molecule has 0 saturated carbocycles. The number of benzene rings is 3. The number of aromatic carboxylic acids is 1. The van der Waals surface area contributed by atoms with Crippen molar-refractivity contribution in [2.45, 2.75) is 12.6 Å². The number of hydrogen-bond donors (Lipinski definition) is 2. The van der Waals surface area contributed by atoms with Gasteiger partial charge in [0.15, 0.2) is 0 Å². The first-order chi connectivity index (χ1) is 12.7. The molecular formula is C21H18N2O3. The smallest absolute Gasteiger partial charge is 0.335 e. The zero-order valence-corrected chi connectivity index (χ0v) is 14.0. The van der Waals surface area contributed by atoms with E-state index in [-0.39, 0.29) is 11.6 Å². The maximum atomic E-state index is 10.9. The summed E-state index contributed by atoms with van der Waals surface area (Å²) >= 11 is 0. The van der Waals surface area contributed by atoms with Gasteiger partial charge < -0.3 is 9.84 Å². The first-order valence-electron chi connectivity index (χ1n) is 8.14. The van der Waals surface area contributed by atoms with Gasteiger partial charge in [-0.3, -0.25) is 0 Å². The Balaban J connectivity index is 1.73. The summed E-state index contributed by atoms with van der Waals surface area (Å²) in [5.41, 5.74) is 10.5. The number of nitrogens with zero attached hydrogens (tertiary/aromatic N) is 1. The molecule has 1 unspecified atom stereocenters. The molecule has 0 aromatic heterocycles. The van der Waals surface area contributed by atoms with Gasteiger partial charge in [0, 0.05) is 0 Å². The van der Waals surface area contributed by atoms with Crippen molar-refractivity contribution in [3.05, 3.63) is 101 Å². The van der Waals surface area contributed by atoms with Crippen molar-refractivity contribution in [2.75, 3.05) is 0 Å². The summed E-state index contributed by atoms with van der Waals surface area (Å²) in [4.78, 5) is 10.9. The normalized spacial score (nSPS) is 11.5. The van der Waals surface area contributed by atoms with Crippen molar-refractivity contribution in [3.63, 3.8) is 0 Å². The van der Waals surface area contributed by atoms with Gasteiger partial charge in [-0.15, -0.1) is 0 Å². The van der Waals surface area contributed by atoms with Crippen LogP contribution in [0.25, 0.3) is 0 Å².